The lowest BCUT2D eigenvalue weighted by atomic mass is 10.1. The van der Waals surface area contributed by atoms with Crippen LogP contribution < -0.4 is 0 Å². The molecule has 0 bridgehead atoms. The fourth-order valence-corrected chi connectivity index (χ4v) is 2.03. The zero-order chi connectivity index (χ0) is 12.4. The second-order valence-electron chi connectivity index (χ2n) is 4.18. The van der Waals surface area contributed by atoms with Crippen LogP contribution in [-0.2, 0) is 6.42 Å². The maximum Gasteiger partial charge on any atom is 0.130 e. The highest BCUT2D eigenvalue weighted by Gasteiger charge is 2.04. The predicted molar refractivity (Wildman–Crippen MR) is 73.7 cm³/mol. The van der Waals surface area contributed by atoms with Crippen LogP contribution in [0.3, 0.4) is 0 Å². The van der Waals surface area contributed by atoms with E-state index in [0.717, 1.165) is 29.1 Å². The van der Waals surface area contributed by atoms with Gasteiger partial charge < -0.3 is 4.98 Å². The molecule has 1 aromatic heterocycles. The number of aromatic nitrogens is 2. The summed E-state index contributed by atoms with van der Waals surface area (Å²) in [5, 5.41) is 0. The quantitative estimate of drug-likeness (QED) is 0.809. The second kappa shape index (κ2) is 4.80. The SMILES string of the molecule is CCc1ccc(-c2nc(C)c(C)[nH]c2=S)cc1. The van der Waals surface area contributed by atoms with Gasteiger partial charge in [-0.25, -0.2) is 4.98 Å². The van der Waals surface area contributed by atoms with Gasteiger partial charge in [-0.15, -0.1) is 0 Å². The van der Waals surface area contributed by atoms with Crippen LogP contribution in [0.15, 0.2) is 24.3 Å². The molecule has 0 saturated carbocycles. The fraction of sp³-hybridized carbons (Fsp3) is 0.286. The van der Waals surface area contributed by atoms with E-state index in [1.807, 2.05) is 13.8 Å². The molecule has 0 aliphatic rings. The maximum absolute atomic E-state index is 5.32. The monoisotopic (exact) mass is 244 g/mol. The summed E-state index contributed by atoms with van der Waals surface area (Å²) >= 11 is 5.32. The van der Waals surface area contributed by atoms with Crippen LogP contribution in [0.4, 0.5) is 0 Å². The first-order valence-electron chi connectivity index (χ1n) is 5.78. The molecule has 2 rings (SSSR count). The maximum atomic E-state index is 5.32. The van der Waals surface area contributed by atoms with E-state index in [-0.39, 0.29) is 0 Å². The summed E-state index contributed by atoms with van der Waals surface area (Å²) in [5.74, 6) is 0. The number of H-pyrrole nitrogens is 1. The predicted octanol–water partition coefficient (Wildman–Crippen LogP) is 3.99. The number of aryl methyl sites for hydroxylation is 3. The van der Waals surface area contributed by atoms with E-state index in [1.165, 1.54) is 5.56 Å². The number of nitrogens with zero attached hydrogens (tertiary/aromatic N) is 1. The second-order valence-corrected chi connectivity index (χ2v) is 4.58. The van der Waals surface area contributed by atoms with Gasteiger partial charge in [0.1, 0.15) is 10.3 Å². The number of rotatable bonds is 2. The Bertz CT molecular complexity index is 582. The van der Waals surface area contributed by atoms with Crippen molar-refractivity contribution in [1.82, 2.24) is 9.97 Å². The Morgan fingerprint density at radius 3 is 2.41 bits per heavy atom. The average Bonchev–Trinajstić information content (AvgIpc) is 2.34. The molecule has 0 unspecified atom stereocenters. The zero-order valence-corrected chi connectivity index (χ0v) is 11.2. The fourth-order valence-electron chi connectivity index (χ4n) is 1.72. The molecule has 0 fully saturated rings. The van der Waals surface area contributed by atoms with Crippen molar-refractivity contribution in [2.75, 3.05) is 0 Å². The summed E-state index contributed by atoms with van der Waals surface area (Å²) in [5.41, 5.74) is 5.29. The Hall–Kier alpha value is -1.48. The van der Waals surface area contributed by atoms with Crippen LogP contribution in [0.25, 0.3) is 11.3 Å². The first-order valence-corrected chi connectivity index (χ1v) is 6.19. The lowest BCUT2D eigenvalue weighted by Gasteiger charge is -2.06. The minimum absolute atomic E-state index is 0.706. The summed E-state index contributed by atoms with van der Waals surface area (Å²) in [6.07, 6.45) is 1.05. The Morgan fingerprint density at radius 1 is 1.18 bits per heavy atom. The Labute approximate surface area is 107 Å². The third-order valence-electron chi connectivity index (χ3n) is 2.97. The van der Waals surface area contributed by atoms with E-state index in [9.17, 15) is 0 Å². The number of benzene rings is 1. The van der Waals surface area contributed by atoms with Gasteiger partial charge in [0.2, 0.25) is 0 Å². The third-order valence-corrected chi connectivity index (χ3v) is 3.27. The average molecular weight is 244 g/mol. The molecular weight excluding hydrogens is 228 g/mol. The molecule has 0 amide bonds. The lowest BCUT2D eigenvalue weighted by molar-refractivity contribution is 1.04. The highest BCUT2D eigenvalue weighted by molar-refractivity contribution is 7.71. The summed E-state index contributed by atoms with van der Waals surface area (Å²) in [6, 6.07) is 8.42. The van der Waals surface area contributed by atoms with Gasteiger partial charge in [0, 0.05) is 11.3 Å². The number of aromatic amines is 1. The van der Waals surface area contributed by atoms with E-state index in [2.05, 4.69) is 41.2 Å². The van der Waals surface area contributed by atoms with Crippen LogP contribution in [0.1, 0.15) is 23.9 Å². The molecule has 0 aliphatic carbocycles. The van der Waals surface area contributed by atoms with Gasteiger partial charge in [0.15, 0.2) is 0 Å². The summed E-state index contributed by atoms with van der Waals surface area (Å²) in [4.78, 5) is 7.75. The van der Waals surface area contributed by atoms with Crippen molar-refractivity contribution in [3.05, 3.63) is 45.9 Å². The third kappa shape index (κ3) is 2.44. The van der Waals surface area contributed by atoms with Crippen LogP contribution in [0, 0.1) is 18.5 Å². The van der Waals surface area contributed by atoms with Gasteiger partial charge in [-0.3, -0.25) is 0 Å². The van der Waals surface area contributed by atoms with E-state index >= 15 is 0 Å². The Morgan fingerprint density at radius 2 is 1.82 bits per heavy atom. The smallest absolute Gasteiger partial charge is 0.130 e. The van der Waals surface area contributed by atoms with E-state index in [1.54, 1.807) is 0 Å². The van der Waals surface area contributed by atoms with Gasteiger partial charge in [-0.1, -0.05) is 43.4 Å². The zero-order valence-electron chi connectivity index (χ0n) is 10.4. The van der Waals surface area contributed by atoms with Crippen molar-refractivity contribution < 1.29 is 0 Å². The van der Waals surface area contributed by atoms with Gasteiger partial charge in [0.05, 0.1) is 5.69 Å². The van der Waals surface area contributed by atoms with E-state index in [4.69, 9.17) is 12.2 Å². The molecule has 2 nitrogen and oxygen atoms in total. The first kappa shape index (κ1) is 12.0. The van der Waals surface area contributed by atoms with Gasteiger partial charge in [0.25, 0.3) is 0 Å². The van der Waals surface area contributed by atoms with Crippen molar-refractivity contribution in [2.45, 2.75) is 27.2 Å². The normalized spacial score (nSPS) is 10.5. The number of hydrogen-bond donors (Lipinski definition) is 1. The van der Waals surface area contributed by atoms with Gasteiger partial charge in [-0.2, -0.15) is 0 Å². The molecule has 0 atom stereocenters. The highest BCUT2D eigenvalue weighted by atomic mass is 32.1. The molecule has 1 N–H and O–H groups in total. The van der Waals surface area contributed by atoms with Crippen LogP contribution in [-0.4, -0.2) is 9.97 Å². The van der Waals surface area contributed by atoms with Crippen LogP contribution in [0.5, 0.6) is 0 Å². The minimum atomic E-state index is 0.706. The van der Waals surface area contributed by atoms with Gasteiger partial charge in [-0.05, 0) is 25.8 Å². The minimum Gasteiger partial charge on any atom is -0.347 e. The summed E-state index contributed by atoms with van der Waals surface area (Å²) < 4.78 is 0.706. The molecule has 0 aliphatic heterocycles. The molecule has 3 heteroatoms. The number of hydrogen-bond acceptors (Lipinski definition) is 2. The van der Waals surface area contributed by atoms with Crippen molar-refractivity contribution >= 4 is 12.2 Å². The van der Waals surface area contributed by atoms with Crippen molar-refractivity contribution in [1.29, 1.82) is 0 Å². The highest BCUT2D eigenvalue weighted by Crippen LogP contribution is 2.19. The molecular formula is C14H16N2S. The van der Waals surface area contributed by atoms with E-state index in [0.29, 0.717) is 4.64 Å². The first-order chi connectivity index (χ1) is 8.11. The van der Waals surface area contributed by atoms with E-state index < -0.39 is 0 Å². The summed E-state index contributed by atoms with van der Waals surface area (Å²) in [6.45, 7) is 6.13. The topological polar surface area (TPSA) is 28.7 Å². The largest absolute Gasteiger partial charge is 0.347 e. The van der Waals surface area contributed by atoms with Crippen LogP contribution in [0.2, 0.25) is 0 Å². The molecule has 1 aromatic carbocycles. The Balaban J connectivity index is 2.52. The van der Waals surface area contributed by atoms with Gasteiger partial charge >= 0.3 is 0 Å². The molecule has 17 heavy (non-hydrogen) atoms. The number of nitrogens with one attached hydrogen (secondary N) is 1. The molecule has 0 saturated heterocycles. The standard InChI is InChI=1S/C14H16N2S/c1-4-11-5-7-12(8-6-11)13-14(17)16-10(3)9(2)15-13/h5-8H,4H2,1-3H3,(H,16,17). The lowest BCUT2D eigenvalue weighted by Crippen LogP contribution is -1.96. The molecule has 0 spiro atoms. The van der Waals surface area contributed by atoms with Crippen molar-refractivity contribution in [2.24, 2.45) is 0 Å². The molecule has 1 heterocycles. The van der Waals surface area contributed by atoms with Crippen molar-refractivity contribution in [3.63, 3.8) is 0 Å². The van der Waals surface area contributed by atoms with Crippen molar-refractivity contribution in [3.8, 4) is 11.3 Å². The molecule has 88 valence electrons. The van der Waals surface area contributed by atoms with Crippen LogP contribution >= 0.6 is 12.2 Å². The Kier molecular flexibility index (Phi) is 3.38. The molecule has 0 radical (unpaired) electrons. The molecule has 2 aromatic rings. The summed E-state index contributed by atoms with van der Waals surface area (Å²) in [7, 11) is 0.